The first-order valence-electron chi connectivity index (χ1n) is 5.70. The number of urea groups is 1. The van der Waals surface area contributed by atoms with Crippen LogP contribution in [0.2, 0.25) is 0 Å². The van der Waals surface area contributed by atoms with E-state index < -0.39 is 29.7 Å². The zero-order valence-corrected chi connectivity index (χ0v) is 10.6. The Bertz CT molecular complexity index is 503. The molecular weight excluding hydrogens is 275 g/mol. The summed E-state index contributed by atoms with van der Waals surface area (Å²) in [5.41, 5.74) is 4.32. The predicted molar refractivity (Wildman–Crippen MR) is 65.6 cm³/mol. The van der Waals surface area contributed by atoms with Crippen LogP contribution >= 0.6 is 0 Å². The van der Waals surface area contributed by atoms with Gasteiger partial charge in [-0.15, -0.1) is 0 Å². The van der Waals surface area contributed by atoms with Gasteiger partial charge in [0.15, 0.2) is 0 Å². The first-order valence-corrected chi connectivity index (χ1v) is 5.70. The molecule has 0 saturated carbocycles. The Balaban J connectivity index is 2.70. The number of benzene rings is 1. The molecule has 0 saturated heterocycles. The van der Waals surface area contributed by atoms with E-state index in [2.05, 4.69) is 10.6 Å². The summed E-state index contributed by atoms with van der Waals surface area (Å²) in [6.07, 6.45) is -4.44. The first-order chi connectivity index (χ1) is 9.20. The third kappa shape index (κ3) is 4.79. The first kappa shape index (κ1) is 15.8. The van der Waals surface area contributed by atoms with Gasteiger partial charge in [0.25, 0.3) is 0 Å². The molecule has 8 heteroatoms. The van der Waals surface area contributed by atoms with Crippen molar-refractivity contribution in [2.75, 3.05) is 6.54 Å². The smallest absolute Gasteiger partial charge is 0.352 e. The minimum Gasteiger partial charge on any atom is -0.352 e. The fourth-order valence-corrected chi connectivity index (χ4v) is 1.53. The maximum Gasteiger partial charge on any atom is 0.416 e. The van der Waals surface area contributed by atoms with Gasteiger partial charge < -0.3 is 16.4 Å². The number of carbonyl (C=O) groups is 2. The van der Waals surface area contributed by atoms with Gasteiger partial charge in [0.2, 0.25) is 5.91 Å². The van der Waals surface area contributed by atoms with Crippen LogP contribution in [-0.2, 0) is 11.0 Å². The van der Waals surface area contributed by atoms with Gasteiger partial charge in [-0.25, -0.2) is 4.79 Å². The minimum atomic E-state index is -4.44. The van der Waals surface area contributed by atoms with E-state index in [9.17, 15) is 22.8 Å². The standard InChI is InChI=1S/C12H14F3N3O2/c1-7(18-10(19)6-17-11(16)20)8-3-2-4-9(5-8)12(13,14)15/h2-5,7H,6H2,1H3,(H,18,19)(H3,16,17,20)/t7-/m1/s1. The quantitative estimate of drug-likeness (QED) is 0.785. The van der Waals surface area contributed by atoms with E-state index in [1.807, 2.05) is 0 Å². The maximum atomic E-state index is 12.6. The molecule has 1 atom stereocenters. The molecule has 0 aliphatic rings. The second kappa shape index (κ2) is 6.27. The second-order valence-electron chi connectivity index (χ2n) is 4.13. The molecule has 0 spiro atoms. The van der Waals surface area contributed by atoms with Gasteiger partial charge in [-0.05, 0) is 24.6 Å². The molecule has 1 rings (SSSR count). The monoisotopic (exact) mass is 289 g/mol. The van der Waals surface area contributed by atoms with Crippen LogP contribution in [-0.4, -0.2) is 18.5 Å². The highest BCUT2D eigenvalue weighted by Crippen LogP contribution is 2.30. The molecule has 0 heterocycles. The number of hydrogen-bond donors (Lipinski definition) is 3. The topological polar surface area (TPSA) is 84.2 Å². The summed E-state index contributed by atoms with van der Waals surface area (Å²) in [6.45, 7) is 1.20. The highest BCUT2D eigenvalue weighted by molar-refractivity contribution is 5.83. The molecule has 0 bridgehead atoms. The lowest BCUT2D eigenvalue weighted by atomic mass is 10.0. The van der Waals surface area contributed by atoms with E-state index in [-0.39, 0.29) is 6.54 Å². The Kier molecular flexibility index (Phi) is 4.95. The lowest BCUT2D eigenvalue weighted by Gasteiger charge is -2.16. The number of halogens is 3. The molecule has 5 nitrogen and oxygen atoms in total. The van der Waals surface area contributed by atoms with E-state index >= 15 is 0 Å². The van der Waals surface area contributed by atoms with Crippen LogP contribution in [0.1, 0.15) is 24.1 Å². The van der Waals surface area contributed by atoms with Gasteiger partial charge in [0, 0.05) is 0 Å². The van der Waals surface area contributed by atoms with Gasteiger partial charge in [-0.1, -0.05) is 12.1 Å². The molecule has 0 aromatic heterocycles. The molecule has 0 radical (unpaired) electrons. The molecule has 0 aliphatic heterocycles. The van der Waals surface area contributed by atoms with Crippen molar-refractivity contribution in [1.82, 2.24) is 10.6 Å². The summed E-state index contributed by atoms with van der Waals surface area (Å²) in [4.78, 5) is 21.8. The van der Waals surface area contributed by atoms with Crippen LogP contribution in [0.3, 0.4) is 0 Å². The molecule has 1 aromatic rings. The zero-order chi connectivity index (χ0) is 15.3. The van der Waals surface area contributed by atoms with Gasteiger partial charge in [0.1, 0.15) is 0 Å². The van der Waals surface area contributed by atoms with Crippen LogP contribution in [0, 0.1) is 0 Å². The van der Waals surface area contributed by atoms with Crippen LogP contribution < -0.4 is 16.4 Å². The number of primary amides is 1. The zero-order valence-electron chi connectivity index (χ0n) is 10.6. The Morgan fingerprint density at radius 2 is 2.00 bits per heavy atom. The van der Waals surface area contributed by atoms with Crippen molar-refractivity contribution >= 4 is 11.9 Å². The third-order valence-electron chi connectivity index (χ3n) is 2.51. The summed E-state index contributed by atoms with van der Waals surface area (Å²) < 4.78 is 37.7. The van der Waals surface area contributed by atoms with Crippen molar-refractivity contribution in [2.24, 2.45) is 5.73 Å². The Labute approximate surface area is 113 Å². The van der Waals surface area contributed by atoms with Gasteiger partial charge in [0.05, 0.1) is 18.2 Å². The highest BCUT2D eigenvalue weighted by atomic mass is 19.4. The predicted octanol–water partition coefficient (Wildman–Crippen LogP) is 1.55. The molecule has 0 fully saturated rings. The number of nitrogens with two attached hydrogens (primary N) is 1. The molecule has 0 aliphatic carbocycles. The molecule has 20 heavy (non-hydrogen) atoms. The fourth-order valence-electron chi connectivity index (χ4n) is 1.53. The second-order valence-corrected chi connectivity index (χ2v) is 4.13. The van der Waals surface area contributed by atoms with Crippen LogP contribution in [0.15, 0.2) is 24.3 Å². The van der Waals surface area contributed by atoms with E-state index in [1.165, 1.54) is 19.1 Å². The summed E-state index contributed by atoms with van der Waals surface area (Å²) in [6, 6.07) is 3.18. The summed E-state index contributed by atoms with van der Waals surface area (Å²) in [5.74, 6) is -0.547. The minimum absolute atomic E-state index is 0.312. The summed E-state index contributed by atoms with van der Waals surface area (Å²) >= 11 is 0. The highest BCUT2D eigenvalue weighted by Gasteiger charge is 2.30. The number of rotatable bonds is 4. The molecule has 4 N–H and O–H groups in total. The average Bonchev–Trinajstić information content (AvgIpc) is 2.35. The van der Waals surface area contributed by atoms with E-state index in [0.29, 0.717) is 5.56 Å². The van der Waals surface area contributed by atoms with Gasteiger partial charge in [-0.3, -0.25) is 4.79 Å². The van der Waals surface area contributed by atoms with Crippen molar-refractivity contribution in [3.05, 3.63) is 35.4 Å². The van der Waals surface area contributed by atoms with Crippen molar-refractivity contribution in [3.63, 3.8) is 0 Å². The van der Waals surface area contributed by atoms with E-state index in [0.717, 1.165) is 12.1 Å². The average molecular weight is 289 g/mol. The van der Waals surface area contributed by atoms with Gasteiger partial charge in [-0.2, -0.15) is 13.2 Å². The maximum absolute atomic E-state index is 12.6. The number of amides is 3. The molecular formula is C12H14F3N3O2. The number of nitrogens with one attached hydrogen (secondary N) is 2. The van der Waals surface area contributed by atoms with E-state index in [4.69, 9.17) is 5.73 Å². The van der Waals surface area contributed by atoms with Crippen LogP contribution in [0.4, 0.5) is 18.0 Å². The number of hydrogen-bond acceptors (Lipinski definition) is 2. The fraction of sp³-hybridized carbons (Fsp3) is 0.333. The summed E-state index contributed by atoms with van der Waals surface area (Å²) in [5, 5.41) is 4.54. The molecule has 3 amide bonds. The molecule has 110 valence electrons. The molecule has 0 unspecified atom stereocenters. The van der Waals surface area contributed by atoms with Crippen molar-refractivity contribution in [1.29, 1.82) is 0 Å². The van der Waals surface area contributed by atoms with Gasteiger partial charge >= 0.3 is 12.2 Å². The number of alkyl halides is 3. The summed E-state index contributed by atoms with van der Waals surface area (Å²) in [7, 11) is 0. The number of carbonyl (C=O) groups excluding carboxylic acids is 2. The van der Waals surface area contributed by atoms with Crippen molar-refractivity contribution in [3.8, 4) is 0 Å². The Hall–Kier alpha value is -2.25. The van der Waals surface area contributed by atoms with Crippen LogP contribution in [0.5, 0.6) is 0 Å². The van der Waals surface area contributed by atoms with Crippen molar-refractivity contribution in [2.45, 2.75) is 19.1 Å². The van der Waals surface area contributed by atoms with E-state index in [1.54, 1.807) is 0 Å². The molecule has 1 aromatic carbocycles. The van der Waals surface area contributed by atoms with Crippen LogP contribution in [0.25, 0.3) is 0 Å². The lowest BCUT2D eigenvalue weighted by Crippen LogP contribution is -2.40. The Morgan fingerprint density at radius 3 is 2.55 bits per heavy atom. The Morgan fingerprint density at radius 1 is 1.35 bits per heavy atom. The largest absolute Gasteiger partial charge is 0.416 e. The van der Waals surface area contributed by atoms with Crippen molar-refractivity contribution < 1.29 is 22.8 Å². The normalized spacial score (nSPS) is 12.6. The lowest BCUT2D eigenvalue weighted by molar-refractivity contribution is -0.137. The SMILES string of the molecule is C[C@@H](NC(=O)CNC(N)=O)c1cccc(C(F)(F)F)c1. The third-order valence-corrected chi connectivity index (χ3v) is 2.51.